The van der Waals surface area contributed by atoms with Gasteiger partial charge in [0.1, 0.15) is 5.75 Å². The number of anilines is 1. The molecule has 1 aliphatic rings. The van der Waals surface area contributed by atoms with Crippen LogP contribution in [0.3, 0.4) is 0 Å². The van der Waals surface area contributed by atoms with Crippen LogP contribution in [0, 0.1) is 0 Å². The third-order valence-corrected chi connectivity index (χ3v) is 2.88. The molecule has 0 saturated carbocycles. The second-order valence-corrected chi connectivity index (χ2v) is 3.90. The minimum atomic E-state index is 0.0725. The van der Waals surface area contributed by atoms with E-state index in [0.29, 0.717) is 0 Å². The second-order valence-electron chi connectivity index (χ2n) is 3.90. The molecule has 16 heavy (non-hydrogen) atoms. The van der Waals surface area contributed by atoms with Gasteiger partial charge in [0.15, 0.2) is 0 Å². The Morgan fingerprint density at radius 1 is 1.38 bits per heavy atom. The lowest BCUT2D eigenvalue weighted by Crippen LogP contribution is -2.43. The molecule has 2 rings (SSSR count). The van der Waals surface area contributed by atoms with Crippen molar-refractivity contribution in [2.45, 2.75) is 6.61 Å². The van der Waals surface area contributed by atoms with Crippen molar-refractivity contribution in [3.8, 4) is 5.75 Å². The van der Waals surface area contributed by atoms with E-state index in [-0.39, 0.29) is 6.61 Å². The lowest BCUT2D eigenvalue weighted by atomic mass is 10.1. The number of methoxy groups -OCH3 is 1. The highest BCUT2D eigenvalue weighted by Crippen LogP contribution is 2.29. The molecule has 88 valence electrons. The minimum absolute atomic E-state index is 0.0725. The Labute approximate surface area is 95.8 Å². The van der Waals surface area contributed by atoms with Crippen LogP contribution >= 0.6 is 0 Å². The maximum Gasteiger partial charge on any atom is 0.142 e. The molecule has 4 heteroatoms. The summed E-state index contributed by atoms with van der Waals surface area (Å²) in [5.41, 5.74) is 2.00. The first-order chi connectivity index (χ1) is 7.85. The maximum atomic E-state index is 9.15. The first-order valence-electron chi connectivity index (χ1n) is 5.58. The van der Waals surface area contributed by atoms with E-state index in [4.69, 9.17) is 9.84 Å². The van der Waals surface area contributed by atoms with Gasteiger partial charge in [-0.25, -0.2) is 0 Å². The maximum absolute atomic E-state index is 9.15. The van der Waals surface area contributed by atoms with Crippen molar-refractivity contribution in [2.24, 2.45) is 0 Å². The summed E-state index contributed by atoms with van der Waals surface area (Å²) >= 11 is 0. The number of nitrogens with zero attached hydrogens (tertiary/aromatic N) is 1. The van der Waals surface area contributed by atoms with Gasteiger partial charge in [-0.2, -0.15) is 0 Å². The molecular formula is C12H18N2O2. The average molecular weight is 222 g/mol. The van der Waals surface area contributed by atoms with Gasteiger partial charge in [0.2, 0.25) is 0 Å². The first kappa shape index (κ1) is 11.2. The summed E-state index contributed by atoms with van der Waals surface area (Å²) in [5, 5.41) is 12.5. The summed E-state index contributed by atoms with van der Waals surface area (Å²) < 4.78 is 5.35. The number of rotatable bonds is 3. The lowest BCUT2D eigenvalue weighted by Gasteiger charge is -2.30. The van der Waals surface area contributed by atoms with Crippen LogP contribution in [0.15, 0.2) is 18.2 Å². The van der Waals surface area contributed by atoms with E-state index in [9.17, 15) is 0 Å². The summed E-state index contributed by atoms with van der Waals surface area (Å²) in [6.07, 6.45) is 0. The molecule has 0 spiro atoms. The number of ether oxygens (including phenoxy) is 1. The summed E-state index contributed by atoms with van der Waals surface area (Å²) in [6, 6.07) is 5.82. The second kappa shape index (κ2) is 5.18. The molecule has 0 aromatic heterocycles. The van der Waals surface area contributed by atoms with E-state index in [0.717, 1.165) is 43.2 Å². The number of hydrogen-bond donors (Lipinski definition) is 2. The molecule has 1 aromatic rings. The fourth-order valence-corrected chi connectivity index (χ4v) is 1.99. The number of benzene rings is 1. The standard InChI is InChI=1S/C12H18N2O2/c1-16-12-3-2-10(9-15)8-11(12)14-6-4-13-5-7-14/h2-3,8,13,15H,4-7,9H2,1H3. The smallest absolute Gasteiger partial charge is 0.142 e. The molecule has 1 heterocycles. The van der Waals surface area contributed by atoms with Gasteiger partial charge in [-0.3, -0.25) is 0 Å². The van der Waals surface area contributed by atoms with E-state index >= 15 is 0 Å². The number of piperazine rings is 1. The molecule has 4 nitrogen and oxygen atoms in total. The topological polar surface area (TPSA) is 44.7 Å². The average Bonchev–Trinajstić information content (AvgIpc) is 2.39. The highest BCUT2D eigenvalue weighted by atomic mass is 16.5. The Morgan fingerprint density at radius 3 is 2.75 bits per heavy atom. The van der Waals surface area contributed by atoms with Crippen LogP contribution in [0.5, 0.6) is 5.75 Å². The zero-order valence-electron chi connectivity index (χ0n) is 9.57. The molecule has 0 unspecified atom stereocenters. The van der Waals surface area contributed by atoms with E-state index in [2.05, 4.69) is 10.2 Å². The van der Waals surface area contributed by atoms with Crippen molar-refractivity contribution < 1.29 is 9.84 Å². The zero-order chi connectivity index (χ0) is 11.4. The van der Waals surface area contributed by atoms with Crippen LogP contribution in [0.1, 0.15) is 5.56 Å². The van der Waals surface area contributed by atoms with Crippen molar-refractivity contribution in [3.63, 3.8) is 0 Å². The third-order valence-electron chi connectivity index (χ3n) is 2.88. The molecule has 0 radical (unpaired) electrons. The zero-order valence-corrected chi connectivity index (χ0v) is 9.57. The Hall–Kier alpha value is -1.26. The van der Waals surface area contributed by atoms with Crippen molar-refractivity contribution in [3.05, 3.63) is 23.8 Å². The largest absolute Gasteiger partial charge is 0.495 e. The molecule has 1 aromatic carbocycles. The Balaban J connectivity index is 2.27. The molecule has 0 atom stereocenters. The van der Waals surface area contributed by atoms with Crippen LogP contribution in [0.2, 0.25) is 0 Å². The van der Waals surface area contributed by atoms with Gasteiger partial charge in [0, 0.05) is 26.2 Å². The summed E-state index contributed by atoms with van der Waals surface area (Å²) in [4.78, 5) is 2.29. The van der Waals surface area contributed by atoms with Gasteiger partial charge in [-0.1, -0.05) is 6.07 Å². The molecular weight excluding hydrogens is 204 g/mol. The number of hydrogen-bond acceptors (Lipinski definition) is 4. The number of aliphatic hydroxyl groups is 1. The fraction of sp³-hybridized carbons (Fsp3) is 0.500. The van der Waals surface area contributed by atoms with Crippen LogP contribution in [-0.2, 0) is 6.61 Å². The Bertz CT molecular complexity index is 349. The third kappa shape index (κ3) is 2.28. The molecule has 0 bridgehead atoms. The van der Waals surface area contributed by atoms with Gasteiger partial charge >= 0.3 is 0 Å². The van der Waals surface area contributed by atoms with Gasteiger partial charge < -0.3 is 20.1 Å². The number of aliphatic hydroxyl groups excluding tert-OH is 1. The van der Waals surface area contributed by atoms with E-state index in [1.54, 1.807) is 7.11 Å². The Morgan fingerprint density at radius 2 is 2.12 bits per heavy atom. The normalized spacial score (nSPS) is 16.2. The minimum Gasteiger partial charge on any atom is -0.495 e. The van der Waals surface area contributed by atoms with E-state index < -0.39 is 0 Å². The molecule has 0 amide bonds. The van der Waals surface area contributed by atoms with Crippen molar-refractivity contribution in [2.75, 3.05) is 38.2 Å². The molecule has 1 aliphatic heterocycles. The van der Waals surface area contributed by atoms with E-state index in [1.165, 1.54) is 0 Å². The van der Waals surface area contributed by atoms with Gasteiger partial charge in [-0.15, -0.1) is 0 Å². The van der Waals surface area contributed by atoms with Gasteiger partial charge in [0.25, 0.3) is 0 Å². The van der Waals surface area contributed by atoms with Crippen LogP contribution in [0.4, 0.5) is 5.69 Å². The monoisotopic (exact) mass is 222 g/mol. The lowest BCUT2D eigenvalue weighted by molar-refractivity contribution is 0.281. The highest BCUT2D eigenvalue weighted by molar-refractivity contribution is 5.60. The Kier molecular flexibility index (Phi) is 3.64. The van der Waals surface area contributed by atoms with E-state index in [1.807, 2.05) is 18.2 Å². The SMILES string of the molecule is COc1ccc(CO)cc1N1CCNCC1. The molecule has 1 saturated heterocycles. The van der Waals surface area contributed by atoms with Crippen LogP contribution in [-0.4, -0.2) is 38.4 Å². The molecule has 1 fully saturated rings. The molecule has 0 aliphatic carbocycles. The van der Waals surface area contributed by atoms with Crippen molar-refractivity contribution in [1.82, 2.24) is 5.32 Å². The number of nitrogens with one attached hydrogen (secondary N) is 1. The van der Waals surface area contributed by atoms with Crippen molar-refractivity contribution >= 4 is 5.69 Å². The first-order valence-corrected chi connectivity index (χ1v) is 5.58. The predicted octanol–water partition coefficient (Wildman–Crippen LogP) is 0.597. The van der Waals surface area contributed by atoms with Crippen LogP contribution in [0.25, 0.3) is 0 Å². The van der Waals surface area contributed by atoms with Gasteiger partial charge in [-0.05, 0) is 17.7 Å². The molecule has 2 N–H and O–H groups in total. The van der Waals surface area contributed by atoms with Gasteiger partial charge in [0.05, 0.1) is 19.4 Å². The fourth-order valence-electron chi connectivity index (χ4n) is 1.99. The summed E-state index contributed by atoms with van der Waals surface area (Å²) in [6.45, 7) is 4.01. The highest BCUT2D eigenvalue weighted by Gasteiger charge is 2.15. The van der Waals surface area contributed by atoms with Crippen LogP contribution < -0.4 is 15.0 Å². The summed E-state index contributed by atoms with van der Waals surface area (Å²) in [5.74, 6) is 0.874. The quantitative estimate of drug-likeness (QED) is 0.786. The predicted molar refractivity (Wildman–Crippen MR) is 64.0 cm³/mol. The van der Waals surface area contributed by atoms with Crippen molar-refractivity contribution in [1.29, 1.82) is 0 Å². The summed E-state index contributed by atoms with van der Waals surface area (Å²) in [7, 11) is 1.68.